The third-order valence-corrected chi connectivity index (χ3v) is 4.14. The Balaban J connectivity index is 1.85. The van der Waals surface area contributed by atoms with Crippen LogP contribution < -0.4 is 10.1 Å². The van der Waals surface area contributed by atoms with Gasteiger partial charge in [-0.05, 0) is 34.8 Å². The number of carbonyl (C=O) groups excluding carboxylic acids is 1. The number of nitrogens with one attached hydrogen (secondary N) is 1. The highest BCUT2D eigenvalue weighted by molar-refractivity contribution is 6.19. The summed E-state index contributed by atoms with van der Waals surface area (Å²) in [7, 11) is 1.62. The molecule has 1 heterocycles. The lowest BCUT2D eigenvalue weighted by molar-refractivity contribution is -0.115. The number of benzene rings is 2. The Morgan fingerprint density at radius 2 is 1.64 bits per heavy atom. The number of ether oxygens (including phenoxy) is 1. The Labute approximate surface area is 148 Å². The molecule has 2 aromatic carbocycles. The summed E-state index contributed by atoms with van der Waals surface area (Å²) in [6.45, 7) is 6.52. The third kappa shape index (κ3) is 3.79. The number of nitrogens with zero attached hydrogens (tertiary/aromatic N) is 1. The number of carbonyl (C=O) groups is 1. The van der Waals surface area contributed by atoms with Crippen molar-refractivity contribution in [3.8, 4) is 5.75 Å². The van der Waals surface area contributed by atoms with Gasteiger partial charge in [0.1, 0.15) is 17.3 Å². The minimum absolute atomic E-state index is 0.0959. The molecule has 0 radical (unpaired) electrons. The van der Waals surface area contributed by atoms with Crippen molar-refractivity contribution >= 4 is 17.8 Å². The molecule has 4 nitrogen and oxygen atoms in total. The van der Waals surface area contributed by atoms with Crippen LogP contribution in [0.2, 0.25) is 0 Å². The first-order chi connectivity index (χ1) is 11.9. The highest BCUT2D eigenvalue weighted by Gasteiger charge is 2.21. The molecule has 4 heteroatoms. The van der Waals surface area contributed by atoms with E-state index in [1.165, 1.54) is 5.56 Å². The number of hydrogen-bond donors (Lipinski definition) is 1. The average molecular weight is 334 g/mol. The maximum atomic E-state index is 12.2. The van der Waals surface area contributed by atoms with E-state index in [0.29, 0.717) is 11.5 Å². The standard InChI is InChI=1S/C21H22N2O2/c1-21(2,3)16-9-7-15(8-10-16)19-22-18(20(24)23-19)13-14-5-11-17(25-4)12-6-14/h5-13H,1-4H3,(H,22,23,24)/b18-13+. The van der Waals surface area contributed by atoms with Crippen LogP contribution >= 0.6 is 0 Å². The van der Waals surface area contributed by atoms with Crippen molar-refractivity contribution in [1.29, 1.82) is 0 Å². The molecule has 0 fully saturated rings. The zero-order valence-corrected chi connectivity index (χ0v) is 15.0. The van der Waals surface area contributed by atoms with Crippen LogP contribution in [-0.2, 0) is 10.2 Å². The van der Waals surface area contributed by atoms with Gasteiger partial charge in [-0.2, -0.15) is 0 Å². The Kier molecular flexibility index (Phi) is 4.45. The van der Waals surface area contributed by atoms with Gasteiger partial charge in [-0.3, -0.25) is 4.79 Å². The Morgan fingerprint density at radius 3 is 2.20 bits per heavy atom. The summed E-state index contributed by atoms with van der Waals surface area (Å²) in [5.74, 6) is 1.18. The Morgan fingerprint density at radius 1 is 1.00 bits per heavy atom. The molecule has 3 rings (SSSR count). The highest BCUT2D eigenvalue weighted by atomic mass is 16.5. The highest BCUT2D eigenvalue weighted by Crippen LogP contribution is 2.23. The van der Waals surface area contributed by atoms with Crippen LogP contribution in [0.5, 0.6) is 5.75 Å². The summed E-state index contributed by atoms with van der Waals surface area (Å²) in [4.78, 5) is 16.6. The van der Waals surface area contributed by atoms with Crippen molar-refractivity contribution in [2.45, 2.75) is 26.2 Å². The van der Waals surface area contributed by atoms with Gasteiger partial charge in [0.15, 0.2) is 0 Å². The van der Waals surface area contributed by atoms with Crippen LogP contribution in [0.3, 0.4) is 0 Å². The molecule has 0 aliphatic carbocycles. The predicted molar refractivity (Wildman–Crippen MR) is 101 cm³/mol. The number of hydrogen-bond acceptors (Lipinski definition) is 3. The van der Waals surface area contributed by atoms with E-state index < -0.39 is 0 Å². The maximum Gasteiger partial charge on any atom is 0.275 e. The van der Waals surface area contributed by atoms with E-state index in [0.717, 1.165) is 16.9 Å². The smallest absolute Gasteiger partial charge is 0.275 e. The van der Waals surface area contributed by atoms with Crippen LogP contribution in [0.4, 0.5) is 0 Å². The predicted octanol–water partition coefficient (Wildman–Crippen LogP) is 3.91. The summed E-state index contributed by atoms with van der Waals surface area (Å²) >= 11 is 0. The zero-order chi connectivity index (χ0) is 18.0. The van der Waals surface area contributed by atoms with Crippen molar-refractivity contribution in [1.82, 2.24) is 5.32 Å². The van der Waals surface area contributed by atoms with Crippen LogP contribution in [-0.4, -0.2) is 18.9 Å². The van der Waals surface area contributed by atoms with Crippen molar-refractivity contribution in [2.75, 3.05) is 7.11 Å². The van der Waals surface area contributed by atoms with E-state index in [1.54, 1.807) is 13.2 Å². The molecule has 2 aromatic rings. The first-order valence-electron chi connectivity index (χ1n) is 8.23. The topological polar surface area (TPSA) is 50.7 Å². The summed E-state index contributed by atoms with van der Waals surface area (Å²) in [6.07, 6.45) is 1.77. The van der Waals surface area contributed by atoms with Gasteiger partial charge >= 0.3 is 0 Å². The van der Waals surface area contributed by atoms with Crippen molar-refractivity contribution in [2.24, 2.45) is 4.99 Å². The molecular formula is C21H22N2O2. The molecular weight excluding hydrogens is 312 g/mol. The van der Waals surface area contributed by atoms with Gasteiger partial charge in [-0.15, -0.1) is 0 Å². The molecule has 1 aliphatic rings. The largest absolute Gasteiger partial charge is 0.497 e. The number of amides is 1. The second kappa shape index (κ2) is 6.55. The normalized spacial score (nSPS) is 15.9. The van der Waals surface area contributed by atoms with Gasteiger partial charge in [-0.1, -0.05) is 57.2 Å². The fourth-order valence-electron chi connectivity index (χ4n) is 2.59. The minimum atomic E-state index is -0.189. The first-order valence-corrected chi connectivity index (χ1v) is 8.23. The first kappa shape index (κ1) is 17.0. The van der Waals surface area contributed by atoms with E-state index >= 15 is 0 Å². The molecule has 0 saturated carbocycles. The van der Waals surface area contributed by atoms with Crippen molar-refractivity contribution in [3.05, 3.63) is 70.9 Å². The number of aliphatic imine (C=N–C) groups is 1. The van der Waals surface area contributed by atoms with Gasteiger partial charge in [0.2, 0.25) is 0 Å². The van der Waals surface area contributed by atoms with Crippen LogP contribution in [0, 0.1) is 0 Å². The van der Waals surface area contributed by atoms with E-state index in [9.17, 15) is 4.79 Å². The number of methoxy groups -OCH3 is 1. The number of amidine groups is 1. The summed E-state index contributed by atoms with van der Waals surface area (Å²) < 4.78 is 5.14. The second-order valence-electron chi connectivity index (χ2n) is 7.04. The van der Waals surface area contributed by atoms with Gasteiger partial charge in [0, 0.05) is 5.56 Å². The lowest BCUT2D eigenvalue weighted by Gasteiger charge is -2.19. The van der Waals surface area contributed by atoms with Gasteiger partial charge in [0.05, 0.1) is 7.11 Å². The van der Waals surface area contributed by atoms with Gasteiger partial charge in [-0.25, -0.2) is 4.99 Å². The Hall–Kier alpha value is -2.88. The third-order valence-electron chi connectivity index (χ3n) is 4.14. The Bertz CT molecular complexity index is 839. The fraction of sp³-hybridized carbons (Fsp3) is 0.238. The SMILES string of the molecule is COc1ccc(/C=C2/N=C(c3ccc(C(C)(C)C)cc3)NC2=O)cc1. The molecule has 128 valence electrons. The van der Waals surface area contributed by atoms with Crippen molar-refractivity contribution < 1.29 is 9.53 Å². The molecule has 1 N–H and O–H groups in total. The lowest BCUT2D eigenvalue weighted by atomic mass is 9.86. The lowest BCUT2D eigenvalue weighted by Crippen LogP contribution is -2.24. The quantitative estimate of drug-likeness (QED) is 0.865. The van der Waals surface area contributed by atoms with Crippen molar-refractivity contribution in [3.63, 3.8) is 0 Å². The molecule has 0 bridgehead atoms. The zero-order valence-electron chi connectivity index (χ0n) is 15.0. The van der Waals surface area contributed by atoms with Gasteiger partial charge < -0.3 is 10.1 Å². The van der Waals surface area contributed by atoms with Crippen LogP contribution in [0.15, 0.2) is 59.2 Å². The second-order valence-corrected chi connectivity index (χ2v) is 7.04. The van der Waals surface area contributed by atoms with E-state index in [4.69, 9.17) is 4.74 Å². The maximum absolute atomic E-state index is 12.2. The molecule has 0 aromatic heterocycles. The van der Waals surface area contributed by atoms with Crippen LogP contribution in [0.25, 0.3) is 6.08 Å². The molecule has 25 heavy (non-hydrogen) atoms. The summed E-state index contributed by atoms with van der Waals surface area (Å²) in [5.41, 5.74) is 3.55. The summed E-state index contributed by atoms with van der Waals surface area (Å²) in [5, 5.41) is 2.84. The molecule has 0 unspecified atom stereocenters. The average Bonchev–Trinajstić information content (AvgIpc) is 2.96. The van der Waals surface area contributed by atoms with E-state index in [2.05, 4.69) is 43.2 Å². The molecule has 0 atom stereocenters. The summed E-state index contributed by atoms with van der Waals surface area (Å²) in [6, 6.07) is 15.6. The molecule has 0 spiro atoms. The minimum Gasteiger partial charge on any atom is -0.497 e. The molecule has 1 aliphatic heterocycles. The van der Waals surface area contributed by atoms with E-state index in [1.807, 2.05) is 36.4 Å². The van der Waals surface area contributed by atoms with E-state index in [-0.39, 0.29) is 11.3 Å². The molecule has 0 saturated heterocycles. The fourth-order valence-corrected chi connectivity index (χ4v) is 2.59. The number of rotatable bonds is 3. The van der Waals surface area contributed by atoms with Gasteiger partial charge in [0.25, 0.3) is 5.91 Å². The van der Waals surface area contributed by atoms with Crippen LogP contribution in [0.1, 0.15) is 37.5 Å². The monoisotopic (exact) mass is 334 g/mol. The molecule has 1 amide bonds.